The molecule has 3 rings (SSSR count). The van der Waals surface area contributed by atoms with Crippen molar-refractivity contribution in [2.24, 2.45) is 4.99 Å². The van der Waals surface area contributed by atoms with Crippen molar-refractivity contribution in [1.29, 1.82) is 0 Å². The molecule has 0 N–H and O–H groups in total. The smallest absolute Gasteiger partial charge is 0.141 e. The molecule has 1 atom stereocenters. The van der Waals surface area contributed by atoms with E-state index in [1.165, 1.54) is 11.1 Å². The Morgan fingerprint density at radius 3 is 2.55 bits per heavy atom. The summed E-state index contributed by atoms with van der Waals surface area (Å²) in [4.78, 5) is 9.23. The van der Waals surface area contributed by atoms with Gasteiger partial charge in [-0.05, 0) is 49.1 Å². The number of fused-ring (bicyclic) bond motifs is 1. The van der Waals surface area contributed by atoms with Crippen molar-refractivity contribution in [3.05, 3.63) is 46.6 Å². The standard InChI is InChI=1S/C17H21N3OS/c1-11-10-22-17-15(11)16(18-12(2)19(17)3)20(4)13-6-8-14(21-5)9-7-13/h6-10,17H,1-5H3. The van der Waals surface area contributed by atoms with Crippen LogP contribution in [0.3, 0.4) is 0 Å². The minimum absolute atomic E-state index is 0.327. The fraction of sp³-hybridized carbons (Fsp3) is 0.353. The quantitative estimate of drug-likeness (QED) is 0.850. The molecule has 4 nitrogen and oxygen atoms in total. The Kier molecular flexibility index (Phi) is 3.91. The van der Waals surface area contributed by atoms with Crippen molar-refractivity contribution in [3.63, 3.8) is 0 Å². The Morgan fingerprint density at radius 2 is 1.91 bits per heavy atom. The molecule has 0 radical (unpaired) electrons. The molecule has 0 spiro atoms. The number of likely N-dealkylation sites (N-methyl/N-ethyl adjacent to an activating group) is 1. The molecule has 1 aromatic carbocycles. The molecular formula is C17H21N3OS. The highest BCUT2D eigenvalue weighted by atomic mass is 32.2. The van der Waals surface area contributed by atoms with Gasteiger partial charge in [-0.1, -0.05) is 0 Å². The summed E-state index contributed by atoms with van der Waals surface area (Å²) in [6.07, 6.45) is 0. The van der Waals surface area contributed by atoms with Crippen molar-refractivity contribution in [2.75, 3.05) is 26.1 Å². The molecule has 0 aliphatic carbocycles. The molecule has 0 saturated heterocycles. The van der Waals surface area contributed by atoms with E-state index in [0.29, 0.717) is 5.37 Å². The second-order valence-corrected chi connectivity index (χ2v) is 6.51. The maximum Gasteiger partial charge on any atom is 0.141 e. The second kappa shape index (κ2) is 5.72. The van der Waals surface area contributed by atoms with Crippen LogP contribution in [0.5, 0.6) is 5.75 Å². The highest BCUT2D eigenvalue weighted by Crippen LogP contribution is 2.42. The Hall–Kier alpha value is -1.88. The van der Waals surface area contributed by atoms with Crippen LogP contribution in [0.4, 0.5) is 5.69 Å². The van der Waals surface area contributed by atoms with Gasteiger partial charge in [-0.3, -0.25) is 0 Å². The van der Waals surface area contributed by atoms with E-state index in [0.717, 1.165) is 23.1 Å². The Morgan fingerprint density at radius 1 is 1.23 bits per heavy atom. The number of rotatable bonds is 3. The molecule has 5 heteroatoms. The van der Waals surface area contributed by atoms with E-state index >= 15 is 0 Å². The number of hydrogen-bond acceptors (Lipinski definition) is 5. The first-order chi connectivity index (χ1) is 10.5. The SMILES string of the molecule is COc1ccc(N(C)C2=C3C(C)=CSC3N(C)C(C)=N2)cc1. The highest BCUT2D eigenvalue weighted by molar-refractivity contribution is 8.03. The summed E-state index contributed by atoms with van der Waals surface area (Å²) < 4.78 is 5.23. The zero-order valence-electron chi connectivity index (χ0n) is 13.6. The minimum atomic E-state index is 0.327. The number of anilines is 1. The Bertz CT molecular complexity index is 676. The van der Waals surface area contributed by atoms with E-state index in [2.05, 4.69) is 55.3 Å². The molecule has 0 aromatic heterocycles. The number of aliphatic imine (C=N–C) groups is 1. The van der Waals surface area contributed by atoms with E-state index in [9.17, 15) is 0 Å². The number of thioether (sulfide) groups is 1. The van der Waals surface area contributed by atoms with Gasteiger partial charge >= 0.3 is 0 Å². The van der Waals surface area contributed by atoms with Crippen LogP contribution < -0.4 is 9.64 Å². The van der Waals surface area contributed by atoms with Crippen molar-refractivity contribution >= 4 is 23.3 Å². The third kappa shape index (κ3) is 2.39. The maximum atomic E-state index is 5.23. The number of hydrogen-bond donors (Lipinski definition) is 0. The van der Waals surface area contributed by atoms with E-state index in [4.69, 9.17) is 9.73 Å². The average molecular weight is 315 g/mol. The molecule has 0 fully saturated rings. The first kappa shape index (κ1) is 15.0. The molecule has 1 unspecified atom stereocenters. The van der Waals surface area contributed by atoms with Gasteiger partial charge in [0.25, 0.3) is 0 Å². The van der Waals surface area contributed by atoms with Gasteiger partial charge in [0.2, 0.25) is 0 Å². The molecule has 0 amide bonds. The van der Waals surface area contributed by atoms with Gasteiger partial charge in [-0.2, -0.15) is 0 Å². The van der Waals surface area contributed by atoms with Crippen molar-refractivity contribution in [3.8, 4) is 5.75 Å². The molecule has 22 heavy (non-hydrogen) atoms. The molecule has 2 aliphatic rings. The zero-order chi connectivity index (χ0) is 15.9. The van der Waals surface area contributed by atoms with E-state index in [1.807, 2.05) is 23.9 Å². The lowest BCUT2D eigenvalue weighted by Gasteiger charge is -2.35. The largest absolute Gasteiger partial charge is 0.497 e. The zero-order valence-corrected chi connectivity index (χ0v) is 14.4. The van der Waals surface area contributed by atoms with E-state index in [-0.39, 0.29) is 0 Å². The topological polar surface area (TPSA) is 28.1 Å². The summed E-state index contributed by atoms with van der Waals surface area (Å²) in [6.45, 7) is 4.22. The fourth-order valence-corrected chi connectivity index (χ4v) is 3.93. The van der Waals surface area contributed by atoms with Gasteiger partial charge in [-0.15, -0.1) is 11.8 Å². The normalized spacial score (nSPS) is 20.6. The van der Waals surface area contributed by atoms with Gasteiger partial charge in [-0.25, -0.2) is 4.99 Å². The van der Waals surface area contributed by atoms with Crippen LogP contribution in [0.2, 0.25) is 0 Å². The predicted octanol–water partition coefficient (Wildman–Crippen LogP) is 3.68. The highest BCUT2D eigenvalue weighted by Gasteiger charge is 2.34. The predicted molar refractivity (Wildman–Crippen MR) is 94.4 cm³/mol. The number of methoxy groups -OCH3 is 1. The van der Waals surface area contributed by atoms with Gasteiger partial charge in [0.05, 0.1) is 7.11 Å². The van der Waals surface area contributed by atoms with E-state index < -0.39 is 0 Å². The van der Waals surface area contributed by atoms with Gasteiger partial charge in [0.15, 0.2) is 0 Å². The lowest BCUT2D eigenvalue weighted by molar-refractivity contribution is 0.415. The summed E-state index contributed by atoms with van der Waals surface area (Å²) >= 11 is 1.85. The van der Waals surface area contributed by atoms with Crippen LogP contribution in [-0.4, -0.2) is 37.3 Å². The van der Waals surface area contributed by atoms with Crippen LogP contribution in [0.15, 0.2) is 51.6 Å². The van der Waals surface area contributed by atoms with Crippen LogP contribution in [0.1, 0.15) is 13.8 Å². The van der Waals surface area contributed by atoms with Gasteiger partial charge in [0, 0.05) is 25.4 Å². The molecular weight excluding hydrogens is 294 g/mol. The van der Waals surface area contributed by atoms with Crippen LogP contribution in [-0.2, 0) is 0 Å². The molecule has 0 bridgehead atoms. The second-order valence-electron chi connectivity index (χ2n) is 5.55. The summed E-state index contributed by atoms with van der Waals surface area (Å²) in [5.74, 6) is 2.94. The molecule has 1 aromatic rings. The van der Waals surface area contributed by atoms with Gasteiger partial charge in [0.1, 0.15) is 22.8 Å². The average Bonchev–Trinajstić information content (AvgIpc) is 2.92. The van der Waals surface area contributed by atoms with Crippen LogP contribution in [0, 0.1) is 0 Å². The van der Waals surface area contributed by atoms with E-state index in [1.54, 1.807) is 7.11 Å². The number of ether oxygens (including phenoxy) is 1. The van der Waals surface area contributed by atoms with Crippen LogP contribution >= 0.6 is 11.8 Å². The number of benzene rings is 1. The van der Waals surface area contributed by atoms with Gasteiger partial charge < -0.3 is 14.5 Å². The number of nitrogens with zero attached hydrogens (tertiary/aromatic N) is 3. The molecule has 0 saturated carbocycles. The lowest BCUT2D eigenvalue weighted by Crippen LogP contribution is -2.39. The molecule has 2 aliphatic heterocycles. The first-order valence-electron chi connectivity index (χ1n) is 7.25. The third-order valence-corrected chi connectivity index (χ3v) is 5.49. The Balaban J connectivity index is 2.02. The van der Waals surface area contributed by atoms with Crippen molar-refractivity contribution in [2.45, 2.75) is 19.2 Å². The Labute approximate surface area is 136 Å². The van der Waals surface area contributed by atoms with Crippen LogP contribution in [0.25, 0.3) is 0 Å². The summed E-state index contributed by atoms with van der Waals surface area (Å²) in [5, 5.41) is 2.56. The van der Waals surface area contributed by atoms with Crippen molar-refractivity contribution in [1.82, 2.24) is 4.90 Å². The van der Waals surface area contributed by atoms with Crippen molar-refractivity contribution < 1.29 is 4.74 Å². The summed E-state index contributed by atoms with van der Waals surface area (Å²) in [7, 11) is 5.86. The first-order valence-corrected chi connectivity index (χ1v) is 8.20. The third-order valence-electron chi connectivity index (χ3n) is 4.19. The summed E-state index contributed by atoms with van der Waals surface area (Å²) in [6, 6.07) is 8.08. The monoisotopic (exact) mass is 315 g/mol. The maximum absolute atomic E-state index is 5.23. The number of amidine groups is 1. The fourth-order valence-electron chi connectivity index (χ4n) is 2.71. The molecule has 2 heterocycles. The lowest BCUT2D eigenvalue weighted by atomic mass is 10.1. The molecule has 116 valence electrons. The summed E-state index contributed by atoms with van der Waals surface area (Å²) in [5.41, 5.74) is 3.71. The minimum Gasteiger partial charge on any atom is -0.497 e.